The molecular formula is C21H23N5OS. The zero-order valence-corrected chi connectivity index (χ0v) is 17.2. The Bertz CT molecular complexity index is 1010. The van der Waals surface area contributed by atoms with Gasteiger partial charge in [-0.15, -0.1) is 10.2 Å². The summed E-state index contributed by atoms with van der Waals surface area (Å²) in [6.07, 6.45) is 1.68. The minimum absolute atomic E-state index is 0.226. The van der Waals surface area contributed by atoms with Crippen LogP contribution in [-0.2, 0) is 12.8 Å². The zero-order chi connectivity index (χ0) is 20.1. The van der Waals surface area contributed by atoms with Crippen molar-refractivity contribution in [2.45, 2.75) is 31.7 Å². The number of aromatic nitrogens is 3. The molecule has 0 aliphatic rings. The number of hydrogen-bond donors (Lipinski definition) is 1. The second kappa shape index (κ2) is 8.84. The first-order valence-electron chi connectivity index (χ1n) is 8.92. The van der Waals surface area contributed by atoms with Gasteiger partial charge in [0.2, 0.25) is 0 Å². The van der Waals surface area contributed by atoms with Crippen molar-refractivity contribution >= 4 is 23.4 Å². The molecule has 0 radical (unpaired) electrons. The van der Waals surface area contributed by atoms with Crippen LogP contribution in [0.2, 0.25) is 0 Å². The van der Waals surface area contributed by atoms with Crippen LogP contribution in [0.15, 0.2) is 59.0 Å². The van der Waals surface area contributed by atoms with Gasteiger partial charge in [-0.05, 0) is 61.2 Å². The zero-order valence-electron chi connectivity index (χ0n) is 16.4. The summed E-state index contributed by atoms with van der Waals surface area (Å²) >= 11 is 1.60. The van der Waals surface area contributed by atoms with Gasteiger partial charge >= 0.3 is 0 Å². The molecule has 3 rings (SSSR count). The lowest BCUT2D eigenvalue weighted by molar-refractivity contribution is 0.0955. The first kappa shape index (κ1) is 19.8. The molecule has 0 saturated carbocycles. The smallest absolute Gasteiger partial charge is 0.271 e. The standard InChI is InChI=1S/C21H23N5OS/c1-14-5-8-19(11-15(14)2)16(3)23-24-20(27)18-9-6-17(7-10-18)12-28-21-25-22-13-26(21)4/h5-11,13H,12H2,1-4H3,(H,24,27)/b23-16-. The first-order chi connectivity index (χ1) is 13.4. The third kappa shape index (κ3) is 4.86. The van der Waals surface area contributed by atoms with Gasteiger partial charge in [0.05, 0.1) is 5.71 Å². The molecule has 28 heavy (non-hydrogen) atoms. The van der Waals surface area contributed by atoms with Gasteiger partial charge in [-0.1, -0.05) is 36.0 Å². The summed E-state index contributed by atoms with van der Waals surface area (Å²) in [7, 11) is 1.91. The lowest BCUT2D eigenvalue weighted by Gasteiger charge is -2.06. The van der Waals surface area contributed by atoms with Crippen LogP contribution in [0.25, 0.3) is 0 Å². The highest BCUT2D eigenvalue weighted by atomic mass is 32.2. The third-order valence-electron chi connectivity index (χ3n) is 4.50. The molecule has 0 aliphatic heterocycles. The minimum Gasteiger partial charge on any atom is -0.312 e. The number of hydrazone groups is 1. The Morgan fingerprint density at radius 3 is 2.46 bits per heavy atom. The van der Waals surface area contributed by atoms with E-state index in [0.717, 1.165) is 27.7 Å². The molecule has 144 valence electrons. The number of carbonyl (C=O) groups excluding carboxylic acids is 1. The van der Waals surface area contributed by atoms with Crippen LogP contribution < -0.4 is 5.43 Å². The van der Waals surface area contributed by atoms with Crippen molar-refractivity contribution in [3.05, 3.63) is 76.6 Å². The summed E-state index contributed by atoms with van der Waals surface area (Å²) in [6.45, 7) is 6.02. The van der Waals surface area contributed by atoms with Gasteiger partial charge in [0, 0.05) is 18.4 Å². The van der Waals surface area contributed by atoms with Crippen molar-refractivity contribution in [2.75, 3.05) is 0 Å². The number of aryl methyl sites for hydroxylation is 3. The largest absolute Gasteiger partial charge is 0.312 e. The van der Waals surface area contributed by atoms with Gasteiger partial charge in [0.25, 0.3) is 5.91 Å². The fraction of sp³-hybridized carbons (Fsp3) is 0.238. The Morgan fingerprint density at radius 1 is 1.11 bits per heavy atom. The molecule has 1 aromatic heterocycles. The van der Waals surface area contributed by atoms with Gasteiger partial charge in [-0.25, -0.2) is 5.43 Å². The monoisotopic (exact) mass is 393 g/mol. The van der Waals surface area contributed by atoms with Crippen molar-refractivity contribution < 1.29 is 4.79 Å². The summed E-state index contributed by atoms with van der Waals surface area (Å²) in [5.41, 5.74) is 8.53. The van der Waals surface area contributed by atoms with E-state index in [1.807, 2.05) is 48.9 Å². The van der Waals surface area contributed by atoms with Gasteiger partial charge in [0.1, 0.15) is 6.33 Å². The molecule has 0 unspecified atom stereocenters. The average Bonchev–Trinajstić information content (AvgIpc) is 3.11. The molecule has 1 heterocycles. The number of nitrogens with one attached hydrogen (secondary N) is 1. The summed E-state index contributed by atoms with van der Waals surface area (Å²) < 4.78 is 1.88. The second-order valence-electron chi connectivity index (χ2n) is 6.65. The van der Waals surface area contributed by atoms with Crippen LogP contribution in [0.4, 0.5) is 0 Å². The number of carbonyl (C=O) groups is 1. The topological polar surface area (TPSA) is 72.2 Å². The fourth-order valence-electron chi connectivity index (χ4n) is 2.53. The molecule has 1 amide bonds. The van der Waals surface area contributed by atoms with E-state index < -0.39 is 0 Å². The number of thioether (sulfide) groups is 1. The number of hydrogen-bond acceptors (Lipinski definition) is 5. The highest BCUT2D eigenvalue weighted by Gasteiger charge is 2.07. The average molecular weight is 394 g/mol. The normalized spacial score (nSPS) is 11.5. The predicted molar refractivity (Wildman–Crippen MR) is 113 cm³/mol. The molecule has 6 nitrogen and oxygen atoms in total. The molecule has 0 bridgehead atoms. The summed E-state index contributed by atoms with van der Waals surface area (Å²) in [4.78, 5) is 12.4. The predicted octanol–water partition coefficient (Wildman–Crippen LogP) is 3.88. The summed E-state index contributed by atoms with van der Waals surface area (Å²) in [6, 6.07) is 13.6. The molecule has 0 aliphatic carbocycles. The lowest BCUT2D eigenvalue weighted by atomic mass is 10.0. The van der Waals surface area contributed by atoms with Crippen LogP contribution in [-0.4, -0.2) is 26.4 Å². The molecule has 3 aromatic rings. The Hall–Kier alpha value is -2.93. The van der Waals surface area contributed by atoms with E-state index in [0.29, 0.717) is 5.56 Å². The number of benzene rings is 2. The van der Waals surface area contributed by atoms with Crippen LogP contribution >= 0.6 is 11.8 Å². The van der Waals surface area contributed by atoms with E-state index in [1.54, 1.807) is 18.1 Å². The maximum Gasteiger partial charge on any atom is 0.271 e. The molecule has 0 atom stereocenters. The number of amides is 1. The van der Waals surface area contributed by atoms with Crippen LogP contribution in [0.5, 0.6) is 0 Å². The molecule has 0 saturated heterocycles. The maximum absolute atomic E-state index is 12.4. The second-order valence-corrected chi connectivity index (χ2v) is 7.59. The molecule has 0 spiro atoms. The van der Waals surface area contributed by atoms with Crippen molar-refractivity contribution in [1.29, 1.82) is 0 Å². The van der Waals surface area contributed by atoms with Gasteiger partial charge in [-0.2, -0.15) is 5.10 Å². The van der Waals surface area contributed by atoms with Gasteiger partial charge in [-0.3, -0.25) is 4.79 Å². The Labute approximate surface area is 169 Å². The van der Waals surface area contributed by atoms with Crippen molar-refractivity contribution in [2.24, 2.45) is 12.1 Å². The molecule has 2 aromatic carbocycles. The summed E-state index contributed by atoms with van der Waals surface area (Å²) in [5.74, 6) is 0.536. The van der Waals surface area contributed by atoms with Gasteiger partial charge < -0.3 is 4.57 Å². The van der Waals surface area contributed by atoms with E-state index in [4.69, 9.17) is 0 Å². The molecular weight excluding hydrogens is 370 g/mol. The number of nitrogens with zero attached hydrogens (tertiary/aromatic N) is 4. The SMILES string of the molecule is C/C(=N/NC(=O)c1ccc(CSc2nncn2C)cc1)c1ccc(C)c(C)c1. The van der Waals surface area contributed by atoms with Crippen molar-refractivity contribution in [3.63, 3.8) is 0 Å². The van der Waals surface area contributed by atoms with E-state index in [9.17, 15) is 4.79 Å². The number of rotatable bonds is 6. The Morgan fingerprint density at radius 2 is 1.82 bits per heavy atom. The highest BCUT2D eigenvalue weighted by molar-refractivity contribution is 7.98. The fourth-order valence-corrected chi connectivity index (χ4v) is 3.38. The lowest BCUT2D eigenvalue weighted by Crippen LogP contribution is -2.19. The van der Waals surface area contributed by atoms with Crippen molar-refractivity contribution in [1.82, 2.24) is 20.2 Å². The van der Waals surface area contributed by atoms with Crippen LogP contribution in [0.1, 0.15) is 39.5 Å². The Balaban J connectivity index is 1.59. The van der Waals surface area contributed by atoms with E-state index >= 15 is 0 Å². The maximum atomic E-state index is 12.4. The van der Waals surface area contributed by atoms with E-state index in [1.165, 1.54) is 11.1 Å². The van der Waals surface area contributed by atoms with E-state index in [-0.39, 0.29) is 5.91 Å². The van der Waals surface area contributed by atoms with E-state index in [2.05, 4.69) is 46.7 Å². The molecule has 0 fully saturated rings. The summed E-state index contributed by atoms with van der Waals surface area (Å²) in [5, 5.41) is 13.0. The minimum atomic E-state index is -0.226. The Kier molecular flexibility index (Phi) is 6.26. The van der Waals surface area contributed by atoms with Crippen LogP contribution in [0, 0.1) is 13.8 Å². The quantitative estimate of drug-likeness (QED) is 0.392. The molecule has 1 N–H and O–H groups in total. The van der Waals surface area contributed by atoms with Crippen molar-refractivity contribution in [3.8, 4) is 0 Å². The third-order valence-corrected chi connectivity index (χ3v) is 5.61. The highest BCUT2D eigenvalue weighted by Crippen LogP contribution is 2.20. The van der Waals surface area contributed by atoms with Crippen LogP contribution in [0.3, 0.4) is 0 Å². The molecule has 7 heteroatoms. The van der Waals surface area contributed by atoms with Gasteiger partial charge in [0.15, 0.2) is 5.16 Å². The first-order valence-corrected chi connectivity index (χ1v) is 9.90.